The summed E-state index contributed by atoms with van der Waals surface area (Å²) in [5.74, 6) is 0.738. The number of halogens is 1. The molecule has 1 N–H and O–H groups in total. The van der Waals surface area contributed by atoms with Crippen molar-refractivity contribution < 1.29 is 22.7 Å². The van der Waals surface area contributed by atoms with E-state index in [1.54, 1.807) is 20.8 Å². The second-order valence-corrected chi connectivity index (χ2v) is 7.41. The molecule has 1 aromatic rings. The van der Waals surface area contributed by atoms with Crippen molar-refractivity contribution in [1.29, 1.82) is 0 Å². The van der Waals surface area contributed by atoms with Gasteiger partial charge in [-0.3, -0.25) is 4.84 Å². The van der Waals surface area contributed by atoms with Crippen LogP contribution in [-0.4, -0.2) is 28.2 Å². The summed E-state index contributed by atoms with van der Waals surface area (Å²) in [6.07, 6.45) is 0. The number of hydrogen-bond donors (Lipinski definition) is 1. The van der Waals surface area contributed by atoms with Crippen LogP contribution < -0.4 is 14.4 Å². The maximum absolute atomic E-state index is 12.2. The molecule has 20 heavy (non-hydrogen) atoms. The van der Waals surface area contributed by atoms with Gasteiger partial charge in [-0.2, -0.15) is 0 Å². The van der Waals surface area contributed by atoms with Crippen LogP contribution in [0.4, 0.5) is 0 Å². The first-order valence-corrected chi connectivity index (χ1v) is 7.99. The van der Waals surface area contributed by atoms with Crippen LogP contribution in [0.2, 0.25) is 0 Å². The predicted octanol–water partition coefficient (Wildman–Crippen LogP) is 2.47. The summed E-state index contributed by atoms with van der Waals surface area (Å²) in [6.45, 7) is 5.21. The number of rotatable bonds is 5. The van der Waals surface area contributed by atoms with Crippen LogP contribution in [0.15, 0.2) is 21.5 Å². The third-order valence-electron chi connectivity index (χ3n) is 2.19. The molecule has 0 heterocycles. The number of methoxy groups -OCH3 is 2. The average molecular weight is 368 g/mol. The predicted molar refractivity (Wildman–Crippen MR) is 78.4 cm³/mol. The Morgan fingerprint density at radius 1 is 1.10 bits per heavy atom. The second kappa shape index (κ2) is 6.30. The fourth-order valence-electron chi connectivity index (χ4n) is 1.27. The van der Waals surface area contributed by atoms with Crippen LogP contribution in [0.5, 0.6) is 11.5 Å². The Balaban J connectivity index is 3.18. The zero-order chi connectivity index (χ0) is 15.6. The highest BCUT2D eigenvalue weighted by Crippen LogP contribution is 2.35. The molecular formula is C12H18BrNO5S. The Morgan fingerprint density at radius 2 is 1.60 bits per heavy atom. The van der Waals surface area contributed by atoms with Gasteiger partial charge in [-0.1, -0.05) is 4.89 Å². The van der Waals surface area contributed by atoms with E-state index < -0.39 is 15.6 Å². The normalized spacial score (nSPS) is 12.3. The number of nitrogens with one attached hydrogen (secondary N) is 1. The summed E-state index contributed by atoms with van der Waals surface area (Å²) < 4.78 is 34.9. The summed E-state index contributed by atoms with van der Waals surface area (Å²) in [5.41, 5.74) is -0.643. The lowest BCUT2D eigenvalue weighted by Crippen LogP contribution is -2.33. The fourth-order valence-corrected chi connectivity index (χ4v) is 3.26. The largest absolute Gasteiger partial charge is 0.493 e. The van der Waals surface area contributed by atoms with Gasteiger partial charge in [0.2, 0.25) is 0 Å². The monoisotopic (exact) mass is 367 g/mol. The SMILES string of the molecule is COc1cc(Br)c(S(=O)(=O)NOC(C)(C)C)cc1OC. The van der Waals surface area contributed by atoms with Crippen molar-refractivity contribution in [1.82, 2.24) is 4.89 Å². The maximum Gasteiger partial charge on any atom is 0.263 e. The molecular weight excluding hydrogens is 350 g/mol. The van der Waals surface area contributed by atoms with E-state index in [0.29, 0.717) is 16.0 Å². The van der Waals surface area contributed by atoms with E-state index >= 15 is 0 Å². The first-order valence-electron chi connectivity index (χ1n) is 5.72. The Labute approximate surface area is 127 Å². The van der Waals surface area contributed by atoms with Crippen molar-refractivity contribution in [2.45, 2.75) is 31.3 Å². The van der Waals surface area contributed by atoms with Crippen LogP contribution in [0.1, 0.15) is 20.8 Å². The van der Waals surface area contributed by atoms with Crippen molar-refractivity contribution in [2.75, 3.05) is 14.2 Å². The topological polar surface area (TPSA) is 73.9 Å². The van der Waals surface area contributed by atoms with Crippen LogP contribution in [0.3, 0.4) is 0 Å². The zero-order valence-corrected chi connectivity index (χ0v) is 14.4. The summed E-state index contributed by atoms with van der Waals surface area (Å²) >= 11 is 3.20. The van der Waals surface area contributed by atoms with Crippen molar-refractivity contribution in [3.05, 3.63) is 16.6 Å². The molecule has 0 saturated carbocycles. The van der Waals surface area contributed by atoms with Crippen molar-refractivity contribution in [3.63, 3.8) is 0 Å². The minimum atomic E-state index is -3.84. The lowest BCUT2D eigenvalue weighted by atomic mass is 10.2. The van der Waals surface area contributed by atoms with Gasteiger partial charge in [0.1, 0.15) is 4.90 Å². The third kappa shape index (κ3) is 4.34. The average Bonchev–Trinajstić information content (AvgIpc) is 2.35. The molecule has 114 valence electrons. The molecule has 0 amide bonds. The van der Waals surface area contributed by atoms with E-state index in [2.05, 4.69) is 20.8 Å². The van der Waals surface area contributed by atoms with Gasteiger partial charge in [-0.05, 0) is 42.8 Å². The van der Waals surface area contributed by atoms with Gasteiger partial charge in [-0.25, -0.2) is 8.42 Å². The molecule has 8 heteroatoms. The van der Waals surface area contributed by atoms with E-state index in [1.807, 2.05) is 0 Å². The number of sulfonamides is 1. The van der Waals surface area contributed by atoms with Crippen molar-refractivity contribution in [3.8, 4) is 11.5 Å². The van der Waals surface area contributed by atoms with E-state index in [-0.39, 0.29) is 4.90 Å². The lowest BCUT2D eigenvalue weighted by Gasteiger charge is -2.20. The first kappa shape index (κ1) is 17.2. The lowest BCUT2D eigenvalue weighted by molar-refractivity contribution is -0.0357. The molecule has 0 aliphatic heterocycles. The molecule has 0 aliphatic rings. The summed E-state index contributed by atoms with van der Waals surface area (Å²) in [6, 6.07) is 2.88. The molecule has 0 bridgehead atoms. The van der Waals surface area contributed by atoms with Gasteiger partial charge in [0.15, 0.2) is 11.5 Å². The highest BCUT2D eigenvalue weighted by Gasteiger charge is 2.23. The molecule has 0 spiro atoms. The van der Waals surface area contributed by atoms with E-state index in [9.17, 15) is 8.42 Å². The van der Waals surface area contributed by atoms with Gasteiger partial charge >= 0.3 is 0 Å². The van der Waals surface area contributed by atoms with Gasteiger partial charge in [0.25, 0.3) is 10.0 Å². The Bertz CT molecular complexity index is 580. The molecule has 6 nitrogen and oxygen atoms in total. The summed E-state index contributed by atoms with van der Waals surface area (Å²) in [4.78, 5) is 7.19. The van der Waals surface area contributed by atoms with E-state index in [4.69, 9.17) is 14.3 Å². The Hall–Kier alpha value is -0.830. The van der Waals surface area contributed by atoms with Crippen LogP contribution in [-0.2, 0) is 14.9 Å². The van der Waals surface area contributed by atoms with Crippen molar-refractivity contribution >= 4 is 26.0 Å². The zero-order valence-electron chi connectivity index (χ0n) is 12.0. The minimum Gasteiger partial charge on any atom is -0.493 e. The first-order chi connectivity index (χ1) is 9.10. The molecule has 0 radical (unpaired) electrons. The smallest absolute Gasteiger partial charge is 0.263 e. The Kier molecular flexibility index (Phi) is 5.42. The molecule has 1 aromatic carbocycles. The highest BCUT2D eigenvalue weighted by atomic mass is 79.9. The standard InChI is InChI=1S/C12H18BrNO5S/c1-12(2,3)19-14-20(15,16)11-7-10(18-5)9(17-4)6-8(11)13/h6-7,14H,1-5H3. The second-order valence-electron chi connectivity index (χ2n) is 4.94. The number of ether oxygens (including phenoxy) is 2. The van der Waals surface area contributed by atoms with Crippen LogP contribution in [0.25, 0.3) is 0 Å². The van der Waals surface area contributed by atoms with Crippen molar-refractivity contribution in [2.24, 2.45) is 0 Å². The molecule has 0 saturated heterocycles. The third-order valence-corrected chi connectivity index (χ3v) is 4.32. The highest BCUT2D eigenvalue weighted by molar-refractivity contribution is 9.10. The van der Waals surface area contributed by atoms with Crippen LogP contribution >= 0.6 is 15.9 Å². The quantitative estimate of drug-likeness (QED) is 0.809. The fraction of sp³-hybridized carbons (Fsp3) is 0.500. The minimum absolute atomic E-state index is 0.000556. The van der Waals surface area contributed by atoms with Gasteiger partial charge in [-0.15, -0.1) is 0 Å². The van der Waals surface area contributed by atoms with Gasteiger partial charge < -0.3 is 9.47 Å². The molecule has 0 fully saturated rings. The van der Waals surface area contributed by atoms with Gasteiger partial charge in [0.05, 0.1) is 19.8 Å². The Morgan fingerprint density at radius 3 is 2.05 bits per heavy atom. The number of hydrogen-bond acceptors (Lipinski definition) is 5. The maximum atomic E-state index is 12.2. The summed E-state index contributed by atoms with van der Waals surface area (Å²) in [5, 5.41) is 0. The van der Waals surface area contributed by atoms with E-state index in [1.165, 1.54) is 26.4 Å². The van der Waals surface area contributed by atoms with Crippen LogP contribution in [0, 0.1) is 0 Å². The summed E-state index contributed by atoms with van der Waals surface area (Å²) in [7, 11) is -0.933. The molecule has 0 aromatic heterocycles. The number of benzene rings is 1. The van der Waals surface area contributed by atoms with Gasteiger partial charge in [0, 0.05) is 10.5 Å². The molecule has 0 atom stereocenters. The molecule has 0 aliphatic carbocycles. The molecule has 0 unspecified atom stereocenters. The molecule has 1 rings (SSSR count). The van der Waals surface area contributed by atoms with E-state index in [0.717, 1.165) is 0 Å².